The normalized spacial score (nSPS) is 25.9. The van der Waals surface area contributed by atoms with E-state index < -0.39 is 17.8 Å². The molecule has 53 valence electrons. The van der Waals surface area contributed by atoms with Crippen LogP contribution in [0.5, 0.6) is 0 Å². The maximum atomic E-state index is 12.5. The molecule has 0 bridgehead atoms. The van der Waals surface area contributed by atoms with Crippen LogP contribution in [0.25, 0.3) is 0 Å². The second-order valence-electron chi connectivity index (χ2n) is 2.13. The fourth-order valence-corrected chi connectivity index (χ4v) is 0.696. The van der Waals surface area contributed by atoms with Crippen LogP contribution in [0.1, 0.15) is 6.92 Å². The Hall–Kier alpha value is -0.990. The molecule has 1 aliphatic carbocycles. The van der Waals surface area contributed by atoms with Crippen molar-refractivity contribution in [3.8, 4) is 0 Å². The lowest BCUT2D eigenvalue weighted by Gasteiger charge is -2.01. The molecule has 0 aliphatic heterocycles. The van der Waals surface area contributed by atoms with E-state index in [2.05, 4.69) is 0 Å². The first-order chi connectivity index (χ1) is 4.63. The van der Waals surface area contributed by atoms with Crippen molar-refractivity contribution < 1.29 is 13.6 Å². The number of carbonyl (C=O) groups is 1. The molecular weight excluding hydrogens is 138 g/mol. The third-order valence-corrected chi connectivity index (χ3v) is 1.35. The summed E-state index contributed by atoms with van der Waals surface area (Å²) in [6.07, 6.45) is 0.251. The van der Waals surface area contributed by atoms with Crippen LogP contribution in [0.2, 0.25) is 0 Å². The number of halogens is 2. The van der Waals surface area contributed by atoms with E-state index in [1.165, 1.54) is 13.0 Å². The monoisotopic (exact) mass is 144 g/mol. The maximum absolute atomic E-state index is 12.5. The van der Waals surface area contributed by atoms with E-state index in [1.54, 1.807) is 0 Å². The molecule has 0 amide bonds. The first kappa shape index (κ1) is 7.12. The fraction of sp³-hybridized carbons (Fsp3) is 0.286. The number of hydrogen-bond donors (Lipinski definition) is 0. The second-order valence-corrected chi connectivity index (χ2v) is 2.13. The van der Waals surface area contributed by atoms with E-state index in [1.807, 2.05) is 0 Å². The van der Waals surface area contributed by atoms with Crippen molar-refractivity contribution in [3.05, 3.63) is 23.6 Å². The average Bonchev–Trinajstić information content (AvgIpc) is 1.93. The number of allylic oxidation sites excluding steroid dienone is 4. The van der Waals surface area contributed by atoms with E-state index in [4.69, 9.17) is 0 Å². The second kappa shape index (κ2) is 2.33. The minimum atomic E-state index is -2.06. The molecule has 0 N–H and O–H groups in total. The summed E-state index contributed by atoms with van der Waals surface area (Å²) in [6, 6.07) is 0. The van der Waals surface area contributed by atoms with E-state index in [0.717, 1.165) is 6.08 Å². The lowest BCUT2D eigenvalue weighted by atomic mass is 10.1. The standard InChI is InChI=1S/C7H6F2O/c1-4-2-3-5(10)7(9)6(4)8/h2-3,7H,1H3/q+1. The molecule has 0 saturated heterocycles. The molecule has 1 radical (unpaired) electrons. The topological polar surface area (TPSA) is 19.9 Å². The molecular formula is C7H6F2O+. The zero-order chi connectivity index (χ0) is 7.72. The molecule has 0 spiro atoms. The SMILES string of the molecule is CC1=C(F)C(F)C(=[O+])C=C1. The number of hydrogen-bond acceptors (Lipinski definition) is 1. The predicted octanol–water partition coefficient (Wildman–Crippen LogP) is 1.71. The highest BCUT2D eigenvalue weighted by Gasteiger charge is 2.35. The zero-order valence-corrected chi connectivity index (χ0v) is 5.40. The number of ketones is 1. The summed E-state index contributed by atoms with van der Waals surface area (Å²) in [5, 5.41) is 0. The zero-order valence-electron chi connectivity index (χ0n) is 5.40. The highest BCUT2D eigenvalue weighted by atomic mass is 19.2. The van der Waals surface area contributed by atoms with Crippen LogP contribution in [0.15, 0.2) is 23.6 Å². The van der Waals surface area contributed by atoms with E-state index in [0.29, 0.717) is 0 Å². The number of carbonyl (C=O) groups excluding carboxylic acids is 1. The largest absolute Gasteiger partial charge is 0.507 e. The quantitative estimate of drug-likeness (QED) is 0.474. The molecule has 0 fully saturated rings. The molecule has 10 heavy (non-hydrogen) atoms. The van der Waals surface area contributed by atoms with Gasteiger partial charge in [-0.15, -0.1) is 0 Å². The Morgan fingerprint density at radius 1 is 1.50 bits per heavy atom. The van der Waals surface area contributed by atoms with Crippen molar-refractivity contribution in [3.63, 3.8) is 0 Å². The van der Waals surface area contributed by atoms with Gasteiger partial charge in [0.05, 0.1) is 6.08 Å². The molecule has 0 aromatic rings. The Labute approximate surface area is 57.0 Å². The Kier molecular flexibility index (Phi) is 1.66. The van der Waals surface area contributed by atoms with E-state index in [9.17, 15) is 13.6 Å². The lowest BCUT2D eigenvalue weighted by molar-refractivity contribution is -0.118. The maximum Gasteiger partial charge on any atom is 0.507 e. The Balaban J connectivity index is 2.99. The summed E-state index contributed by atoms with van der Waals surface area (Å²) >= 11 is 0. The molecule has 1 unspecified atom stereocenters. The summed E-state index contributed by atoms with van der Waals surface area (Å²) in [6.45, 7) is 1.42. The molecule has 3 heteroatoms. The minimum absolute atomic E-state index is 0.187. The third-order valence-electron chi connectivity index (χ3n) is 1.35. The van der Waals surface area contributed by atoms with Gasteiger partial charge in [-0.25, -0.2) is 8.78 Å². The number of rotatable bonds is 0. The lowest BCUT2D eigenvalue weighted by Crippen LogP contribution is -2.17. The summed E-state index contributed by atoms with van der Waals surface area (Å²) in [4.78, 5) is 10.4. The van der Waals surface area contributed by atoms with Crippen LogP contribution in [-0.2, 0) is 4.79 Å². The Morgan fingerprint density at radius 3 is 2.60 bits per heavy atom. The van der Waals surface area contributed by atoms with Crippen molar-refractivity contribution in [2.45, 2.75) is 13.1 Å². The van der Waals surface area contributed by atoms with Gasteiger partial charge in [0.15, 0.2) is 5.83 Å². The summed E-state index contributed by atoms with van der Waals surface area (Å²) in [5.74, 6) is -1.78. The van der Waals surface area contributed by atoms with Crippen LogP contribution in [0, 0.1) is 0 Å². The third kappa shape index (κ3) is 0.988. The molecule has 0 aromatic heterocycles. The van der Waals surface area contributed by atoms with Crippen molar-refractivity contribution in [1.29, 1.82) is 0 Å². The summed E-state index contributed by atoms with van der Waals surface area (Å²) in [5.41, 5.74) is 0.187. The van der Waals surface area contributed by atoms with Crippen molar-refractivity contribution >= 4 is 5.78 Å². The van der Waals surface area contributed by atoms with Gasteiger partial charge in [-0.3, -0.25) is 0 Å². The van der Waals surface area contributed by atoms with Gasteiger partial charge in [0.2, 0.25) is 4.79 Å². The van der Waals surface area contributed by atoms with Gasteiger partial charge >= 0.3 is 5.78 Å². The van der Waals surface area contributed by atoms with Crippen LogP contribution < -0.4 is 0 Å². The van der Waals surface area contributed by atoms with Gasteiger partial charge in [0.25, 0.3) is 6.17 Å². The van der Waals surface area contributed by atoms with Crippen LogP contribution in [0.3, 0.4) is 0 Å². The highest BCUT2D eigenvalue weighted by Crippen LogP contribution is 2.20. The number of alkyl halides is 1. The highest BCUT2D eigenvalue weighted by molar-refractivity contribution is 5.97. The molecule has 1 atom stereocenters. The van der Waals surface area contributed by atoms with Gasteiger partial charge < -0.3 is 0 Å². The van der Waals surface area contributed by atoms with Crippen molar-refractivity contribution in [1.82, 2.24) is 0 Å². The van der Waals surface area contributed by atoms with Crippen LogP contribution in [-0.4, -0.2) is 12.0 Å². The minimum Gasteiger partial charge on any atom is -0.224 e. The van der Waals surface area contributed by atoms with E-state index >= 15 is 0 Å². The smallest absolute Gasteiger partial charge is 0.224 e. The fourth-order valence-electron chi connectivity index (χ4n) is 0.696. The molecule has 1 nitrogen and oxygen atoms in total. The van der Waals surface area contributed by atoms with Crippen molar-refractivity contribution in [2.75, 3.05) is 0 Å². The summed E-state index contributed by atoms with van der Waals surface area (Å²) in [7, 11) is 0. The van der Waals surface area contributed by atoms with Gasteiger partial charge in [0, 0.05) is 0 Å². The Bertz CT molecular complexity index is 228. The average molecular weight is 144 g/mol. The molecule has 1 aliphatic rings. The van der Waals surface area contributed by atoms with Gasteiger partial charge in [-0.05, 0) is 18.6 Å². The van der Waals surface area contributed by atoms with Crippen LogP contribution >= 0.6 is 0 Å². The predicted molar refractivity (Wildman–Crippen MR) is 32.9 cm³/mol. The van der Waals surface area contributed by atoms with Gasteiger partial charge in [-0.2, -0.15) is 0 Å². The molecule has 0 aromatic carbocycles. The molecule has 1 rings (SSSR count). The molecule has 0 saturated carbocycles. The Morgan fingerprint density at radius 2 is 2.10 bits per heavy atom. The van der Waals surface area contributed by atoms with E-state index in [-0.39, 0.29) is 5.57 Å². The van der Waals surface area contributed by atoms with Crippen molar-refractivity contribution in [2.24, 2.45) is 0 Å². The van der Waals surface area contributed by atoms with Gasteiger partial charge in [0.1, 0.15) is 0 Å². The summed E-state index contributed by atoms with van der Waals surface area (Å²) < 4.78 is 24.8. The van der Waals surface area contributed by atoms with Crippen LogP contribution in [0.4, 0.5) is 8.78 Å². The first-order valence-electron chi connectivity index (χ1n) is 2.85. The first-order valence-corrected chi connectivity index (χ1v) is 2.85. The van der Waals surface area contributed by atoms with Gasteiger partial charge in [-0.1, -0.05) is 0 Å². The molecule has 0 heterocycles.